The van der Waals surface area contributed by atoms with Gasteiger partial charge in [0.1, 0.15) is 9.84 Å². The summed E-state index contributed by atoms with van der Waals surface area (Å²) in [4.78, 5) is 0. The Morgan fingerprint density at radius 3 is 2.74 bits per heavy atom. The Morgan fingerprint density at radius 1 is 1.32 bits per heavy atom. The maximum Gasteiger partial charge on any atom is 0.150 e. The Bertz CT molecular complexity index is 539. The van der Waals surface area contributed by atoms with E-state index in [0.717, 1.165) is 31.0 Å². The summed E-state index contributed by atoms with van der Waals surface area (Å²) in [5.74, 6) is 0.538. The Kier molecular flexibility index (Phi) is 4.72. The molecule has 2 rings (SSSR count). The lowest BCUT2D eigenvalue weighted by molar-refractivity contribution is 0.391. The minimum absolute atomic E-state index is 0.00289. The number of hydrogen-bond acceptors (Lipinski definition) is 2. The second-order valence-corrected chi connectivity index (χ2v) is 8.44. The predicted octanol–water partition coefficient (Wildman–Crippen LogP) is 3.48. The molecule has 106 valence electrons. The molecule has 0 amide bonds. The summed E-state index contributed by atoms with van der Waals surface area (Å²) < 4.78 is 23.6. The van der Waals surface area contributed by atoms with Gasteiger partial charge in [-0.1, -0.05) is 47.1 Å². The van der Waals surface area contributed by atoms with Crippen molar-refractivity contribution in [1.82, 2.24) is 0 Å². The third-order valence-corrected chi connectivity index (χ3v) is 7.06. The molecule has 0 fully saturated rings. The Labute approximate surface area is 124 Å². The van der Waals surface area contributed by atoms with Crippen LogP contribution in [0.1, 0.15) is 37.3 Å². The van der Waals surface area contributed by atoms with E-state index in [1.165, 1.54) is 11.1 Å². The standard InChI is InChI=1S/C15H21BrO2S/c1-2-19(17,18)11-10-15(12-16)9-5-7-13-6-3-4-8-14(13)15/h3-4,6,8H,2,5,7,9-12H2,1H3. The third kappa shape index (κ3) is 3.22. The van der Waals surface area contributed by atoms with Crippen molar-refractivity contribution in [2.45, 2.75) is 38.0 Å². The molecule has 1 aromatic rings. The van der Waals surface area contributed by atoms with Gasteiger partial charge in [0.2, 0.25) is 0 Å². The van der Waals surface area contributed by atoms with Gasteiger partial charge >= 0.3 is 0 Å². The summed E-state index contributed by atoms with van der Waals surface area (Å²) >= 11 is 3.63. The molecule has 4 heteroatoms. The summed E-state index contributed by atoms with van der Waals surface area (Å²) in [6.45, 7) is 1.73. The molecule has 0 aliphatic heterocycles. The zero-order chi connectivity index (χ0) is 13.9. The zero-order valence-electron chi connectivity index (χ0n) is 11.4. The van der Waals surface area contributed by atoms with Crippen molar-refractivity contribution in [3.8, 4) is 0 Å². The van der Waals surface area contributed by atoms with Gasteiger partial charge in [0.25, 0.3) is 0 Å². The minimum Gasteiger partial charge on any atom is -0.229 e. The number of fused-ring (bicyclic) bond motifs is 1. The van der Waals surface area contributed by atoms with Crippen molar-refractivity contribution in [1.29, 1.82) is 0 Å². The summed E-state index contributed by atoms with van der Waals surface area (Å²) in [6, 6.07) is 8.50. The van der Waals surface area contributed by atoms with Crippen molar-refractivity contribution in [3.63, 3.8) is 0 Å². The largest absolute Gasteiger partial charge is 0.229 e. The van der Waals surface area contributed by atoms with Crippen LogP contribution in [0.4, 0.5) is 0 Å². The van der Waals surface area contributed by atoms with Crippen molar-refractivity contribution < 1.29 is 8.42 Å². The first-order valence-corrected chi connectivity index (χ1v) is 9.82. The van der Waals surface area contributed by atoms with Crippen LogP contribution in [0.3, 0.4) is 0 Å². The maximum atomic E-state index is 11.8. The van der Waals surface area contributed by atoms with Gasteiger partial charge in [0.15, 0.2) is 0 Å². The van der Waals surface area contributed by atoms with Crippen LogP contribution in [0.5, 0.6) is 0 Å². The molecule has 1 aliphatic rings. The summed E-state index contributed by atoms with van der Waals surface area (Å²) in [6.07, 6.45) is 4.07. The summed E-state index contributed by atoms with van der Waals surface area (Å²) in [5.41, 5.74) is 2.74. The molecular weight excluding hydrogens is 324 g/mol. The molecule has 1 unspecified atom stereocenters. The number of hydrogen-bond donors (Lipinski definition) is 0. The van der Waals surface area contributed by atoms with Crippen LogP contribution in [0.15, 0.2) is 24.3 Å². The van der Waals surface area contributed by atoms with Crippen LogP contribution in [0.25, 0.3) is 0 Å². The smallest absolute Gasteiger partial charge is 0.150 e. The van der Waals surface area contributed by atoms with Crippen molar-refractivity contribution >= 4 is 25.8 Å². The number of rotatable bonds is 5. The van der Waals surface area contributed by atoms with E-state index in [-0.39, 0.29) is 11.2 Å². The van der Waals surface area contributed by atoms with E-state index in [2.05, 4.69) is 40.2 Å². The fraction of sp³-hybridized carbons (Fsp3) is 0.600. The molecule has 0 spiro atoms. The highest BCUT2D eigenvalue weighted by molar-refractivity contribution is 9.09. The van der Waals surface area contributed by atoms with Gasteiger partial charge in [-0.05, 0) is 36.8 Å². The molecule has 0 heterocycles. The van der Waals surface area contributed by atoms with Gasteiger partial charge in [-0.3, -0.25) is 0 Å². The fourth-order valence-electron chi connectivity index (χ4n) is 2.97. The van der Waals surface area contributed by atoms with E-state index in [1.807, 2.05) is 0 Å². The van der Waals surface area contributed by atoms with E-state index >= 15 is 0 Å². The van der Waals surface area contributed by atoms with Crippen LogP contribution in [0, 0.1) is 0 Å². The maximum absolute atomic E-state index is 11.8. The molecule has 2 nitrogen and oxygen atoms in total. The highest BCUT2D eigenvalue weighted by Crippen LogP contribution is 2.41. The van der Waals surface area contributed by atoms with Crippen LogP contribution in [0.2, 0.25) is 0 Å². The average Bonchev–Trinajstić information content (AvgIpc) is 2.45. The molecule has 19 heavy (non-hydrogen) atoms. The lowest BCUT2D eigenvalue weighted by Gasteiger charge is -2.38. The number of aryl methyl sites for hydroxylation is 1. The molecular formula is C15H21BrO2S. The Hall–Kier alpha value is -0.350. The lowest BCUT2D eigenvalue weighted by atomic mass is 9.70. The van der Waals surface area contributed by atoms with E-state index in [1.54, 1.807) is 6.92 Å². The Balaban J connectivity index is 2.29. The van der Waals surface area contributed by atoms with E-state index < -0.39 is 9.84 Å². The van der Waals surface area contributed by atoms with Gasteiger partial charge in [-0.2, -0.15) is 0 Å². The second-order valence-electron chi connectivity index (χ2n) is 5.41. The van der Waals surface area contributed by atoms with Gasteiger partial charge in [-0.25, -0.2) is 8.42 Å². The predicted molar refractivity (Wildman–Crippen MR) is 83.8 cm³/mol. The minimum atomic E-state index is -2.89. The molecule has 1 aliphatic carbocycles. The van der Waals surface area contributed by atoms with Crippen LogP contribution < -0.4 is 0 Å². The van der Waals surface area contributed by atoms with Crippen LogP contribution >= 0.6 is 15.9 Å². The fourth-order valence-corrected chi connectivity index (χ4v) is 4.82. The molecule has 0 radical (unpaired) electrons. The SMILES string of the molecule is CCS(=O)(=O)CCC1(CBr)CCCc2ccccc21. The first-order chi connectivity index (χ1) is 9.03. The molecule has 0 aromatic heterocycles. The van der Waals surface area contributed by atoms with Gasteiger partial charge in [0, 0.05) is 16.5 Å². The summed E-state index contributed by atoms with van der Waals surface area (Å²) in [7, 11) is -2.89. The molecule has 0 saturated carbocycles. The van der Waals surface area contributed by atoms with Crippen LogP contribution in [-0.2, 0) is 21.7 Å². The van der Waals surface area contributed by atoms with Gasteiger partial charge in [0.05, 0.1) is 5.75 Å². The van der Waals surface area contributed by atoms with Crippen molar-refractivity contribution in [3.05, 3.63) is 35.4 Å². The molecule has 0 N–H and O–H groups in total. The van der Waals surface area contributed by atoms with E-state index in [0.29, 0.717) is 5.75 Å². The molecule has 0 bridgehead atoms. The highest BCUT2D eigenvalue weighted by Gasteiger charge is 2.36. The normalized spacial score (nSPS) is 23.1. The number of halogens is 1. The number of benzene rings is 1. The van der Waals surface area contributed by atoms with Gasteiger partial charge < -0.3 is 0 Å². The number of sulfone groups is 1. The van der Waals surface area contributed by atoms with E-state index in [9.17, 15) is 8.42 Å². The second kappa shape index (κ2) is 5.96. The first-order valence-electron chi connectivity index (χ1n) is 6.88. The van der Waals surface area contributed by atoms with Crippen molar-refractivity contribution in [2.75, 3.05) is 16.8 Å². The van der Waals surface area contributed by atoms with Gasteiger partial charge in [-0.15, -0.1) is 0 Å². The lowest BCUT2D eigenvalue weighted by Crippen LogP contribution is -2.35. The molecule has 0 saturated heterocycles. The monoisotopic (exact) mass is 344 g/mol. The topological polar surface area (TPSA) is 34.1 Å². The Morgan fingerprint density at radius 2 is 2.05 bits per heavy atom. The third-order valence-electron chi connectivity index (χ3n) is 4.28. The molecule has 1 aromatic carbocycles. The summed E-state index contributed by atoms with van der Waals surface area (Å²) in [5, 5.41) is 0.843. The number of alkyl halides is 1. The zero-order valence-corrected chi connectivity index (χ0v) is 13.8. The highest BCUT2D eigenvalue weighted by atomic mass is 79.9. The molecule has 1 atom stereocenters. The van der Waals surface area contributed by atoms with Crippen molar-refractivity contribution in [2.24, 2.45) is 0 Å². The quantitative estimate of drug-likeness (QED) is 0.766. The average molecular weight is 345 g/mol. The first kappa shape index (κ1) is 15.0. The van der Waals surface area contributed by atoms with E-state index in [4.69, 9.17) is 0 Å². The van der Waals surface area contributed by atoms with Crippen LogP contribution in [-0.4, -0.2) is 25.3 Å².